The van der Waals surface area contributed by atoms with Gasteiger partial charge in [-0.1, -0.05) is 18.5 Å². The predicted molar refractivity (Wildman–Crippen MR) is 75.7 cm³/mol. The zero-order chi connectivity index (χ0) is 14.5. The Bertz CT molecular complexity index is 520. The van der Waals surface area contributed by atoms with Crippen molar-refractivity contribution in [2.24, 2.45) is 5.73 Å². The zero-order valence-corrected chi connectivity index (χ0v) is 12.7. The number of nitrogens with zero attached hydrogens (tertiary/aromatic N) is 1. The fraction of sp³-hybridized carbons (Fsp3) is 0.500. The monoisotopic (exact) mass is 306 g/mol. The number of hydrogen-bond donors (Lipinski definition) is 1. The Labute approximate surface area is 119 Å². The van der Waals surface area contributed by atoms with Crippen molar-refractivity contribution in [1.82, 2.24) is 4.31 Å². The number of nitrogens with two attached hydrogens (primary N) is 1. The minimum atomic E-state index is -3.53. The fourth-order valence-electron chi connectivity index (χ4n) is 1.66. The number of rotatable bonds is 7. The van der Waals surface area contributed by atoms with Gasteiger partial charge in [0.15, 0.2) is 0 Å². The molecule has 2 N–H and O–H groups in total. The molecule has 0 saturated carbocycles. The van der Waals surface area contributed by atoms with E-state index >= 15 is 0 Å². The van der Waals surface area contributed by atoms with Gasteiger partial charge in [0.1, 0.15) is 0 Å². The number of methoxy groups -OCH3 is 1. The molecule has 0 unspecified atom stereocenters. The first-order valence-electron chi connectivity index (χ1n) is 5.95. The van der Waals surface area contributed by atoms with E-state index in [4.69, 9.17) is 22.1 Å². The van der Waals surface area contributed by atoms with Gasteiger partial charge in [-0.05, 0) is 23.8 Å². The highest BCUT2D eigenvalue weighted by Crippen LogP contribution is 2.22. The van der Waals surface area contributed by atoms with Crippen molar-refractivity contribution >= 4 is 21.6 Å². The molecular weight excluding hydrogens is 288 g/mol. The lowest BCUT2D eigenvalue weighted by atomic mass is 10.2. The number of benzene rings is 1. The summed E-state index contributed by atoms with van der Waals surface area (Å²) in [5.74, 6) is 0. The van der Waals surface area contributed by atoms with Gasteiger partial charge in [-0.2, -0.15) is 4.31 Å². The average Bonchev–Trinajstić information content (AvgIpc) is 2.39. The Morgan fingerprint density at radius 1 is 1.42 bits per heavy atom. The van der Waals surface area contributed by atoms with E-state index in [1.807, 2.05) is 0 Å². The van der Waals surface area contributed by atoms with E-state index in [2.05, 4.69) is 0 Å². The maximum absolute atomic E-state index is 12.4. The molecule has 0 fully saturated rings. The lowest BCUT2D eigenvalue weighted by Crippen LogP contribution is -2.33. The van der Waals surface area contributed by atoms with Crippen LogP contribution < -0.4 is 5.73 Å². The molecule has 0 aliphatic carbocycles. The predicted octanol–water partition coefficient (Wildman–Crippen LogP) is 1.46. The summed E-state index contributed by atoms with van der Waals surface area (Å²) in [5, 5.41) is 0.474. The highest BCUT2D eigenvalue weighted by molar-refractivity contribution is 7.89. The van der Waals surface area contributed by atoms with Crippen molar-refractivity contribution in [3.8, 4) is 0 Å². The summed E-state index contributed by atoms with van der Waals surface area (Å²) in [4.78, 5) is 0.204. The second-order valence-corrected chi connectivity index (χ2v) is 6.29. The molecule has 0 spiro atoms. The first-order chi connectivity index (χ1) is 8.97. The van der Waals surface area contributed by atoms with Crippen LogP contribution in [-0.4, -0.2) is 39.5 Å². The molecule has 1 rings (SSSR count). The second-order valence-electron chi connectivity index (χ2n) is 3.95. The molecule has 0 aliphatic heterocycles. The third-order valence-corrected chi connectivity index (χ3v) is 5.11. The first kappa shape index (κ1) is 16.4. The maximum atomic E-state index is 12.4. The summed E-state index contributed by atoms with van der Waals surface area (Å²) >= 11 is 5.94. The third kappa shape index (κ3) is 3.90. The van der Waals surface area contributed by atoms with Gasteiger partial charge in [0.25, 0.3) is 0 Å². The van der Waals surface area contributed by atoms with Crippen LogP contribution in [0.3, 0.4) is 0 Å². The topological polar surface area (TPSA) is 72.6 Å². The van der Waals surface area contributed by atoms with Crippen LogP contribution in [0.15, 0.2) is 23.1 Å². The molecule has 7 heteroatoms. The summed E-state index contributed by atoms with van der Waals surface area (Å²) in [6.45, 7) is 3.03. The fourth-order valence-corrected chi connectivity index (χ4v) is 3.34. The quantitative estimate of drug-likeness (QED) is 0.827. The van der Waals surface area contributed by atoms with Gasteiger partial charge in [0.05, 0.1) is 11.5 Å². The highest BCUT2D eigenvalue weighted by Gasteiger charge is 2.23. The highest BCUT2D eigenvalue weighted by atomic mass is 35.5. The molecule has 0 bridgehead atoms. The molecule has 108 valence electrons. The van der Waals surface area contributed by atoms with Crippen molar-refractivity contribution in [2.45, 2.75) is 18.4 Å². The number of hydrogen-bond acceptors (Lipinski definition) is 4. The SMILES string of the molecule is CCN(CCOC)S(=O)(=O)c1ccc(Cl)c(CN)c1. The third-order valence-electron chi connectivity index (χ3n) is 2.77. The van der Waals surface area contributed by atoms with Crippen LogP contribution in [-0.2, 0) is 21.3 Å². The van der Waals surface area contributed by atoms with Crippen LogP contribution in [0.5, 0.6) is 0 Å². The van der Waals surface area contributed by atoms with Crippen LogP contribution >= 0.6 is 11.6 Å². The molecule has 0 saturated heterocycles. The van der Waals surface area contributed by atoms with E-state index in [1.54, 1.807) is 13.0 Å². The van der Waals surface area contributed by atoms with Gasteiger partial charge in [-0.15, -0.1) is 0 Å². The smallest absolute Gasteiger partial charge is 0.243 e. The van der Waals surface area contributed by atoms with Gasteiger partial charge < -0.3 is 10.5 Å². The minimum absolute atomic E-state index is 0.201. The van der Waals surface area contributed by atoms with Crippen molar-refractivity contribution in [3.63, 3.8) is 0 Å². The maximum Gasteiger partial charge on any atom is 0.243 e. The Morgan fingerprint density at radius 2 is 2.11 bits per heavy atom. The van der Waals surface area contributed by atoms with Crippen molar-refractivity contribution in [1.29, 1.82) is 0 Å². The Kier molecular flexibility index (Phi) is 6.22. The molecule has 0 heterocycles. The van der Waals surface area contributed by atoms with E-state index < -0.39 is 10.0 Å². The van der Waals surface area contributed by atoms with Crippen LogP contribution in [0.25, 0.3) is 0 Å². The number of sulfonamides is 1. The largest absolute Gasteiger partial charge is 0.383 e. The van der Waals surface area contributed by atoms with Gasteiger partial charge in [0.2, 0.25) is 10.0 Å². The van der Waals surface area contributed by atoms with Gasteiger partial charge in [0, 0.05) is 31.8 Å². The summed E-state index contributed by atoms with van der Waals surface area (Å²) in [6.07, 6.45) is 0. The van der Waals surface area contributed by atoms with Crippen molar-refractivity contribution in [2.75, 3.05) is 26.8 Å². The molecule has 0 amide bonds. The molecule has 0 atom stereocenters. The van der Waals surface area contributed by atoms with E-state index in [0.29, 0.717) is 30.3 Å². The van der Waals surface area contributed by atoms with E-state index in [1.165, 1.54) is 23.5 Å². The van der Waals surface area contributed by atoms with Crippen LogP contribution in [0.2, 0.25) is 5.02 Å². The van der Waals surface area contributed by atoms with E-state index in [0.717, 1.165) is 0 Å². The second kappa shape index (κ2) is 7.21. The molecular formula is C12H19ClN2O3S. The standard InChI is InChI=1S/C12H19ClN2O3S/c1-3-15(6-7-18-2)19(16,17)11-4-5-12(13)10(8-11)9-14/h4-5,8H,3,6-7,9,14H2,1-2H3. The van der Waals surface area contributed by atoms with E-state index in [9.17, 15) is 8.42 Å². The van der Waals surface area contributed by atoms with Crippen molar-refractivity contribution in [3.05, 3.63) is 28.8 Å². The van der Waals surface area contributed by atoms with Gasteiger partial charge in [-0.3, -0.25) is 0 Å². The normalized spacial score (nSPS) is 12.1. The lowest BCUT2D eigenvalue weighted by molar-refractivity contribution is 0.180. The molecule has 0 aliphatic rings. The molecule has 0 radical (unpaired) electrons. The summed E-state index contributed by atoms with van der Waals surface area (Å²) in [7, 11) is -2.00. The van der Waals surface area contributed by atoms with Crippen LogP contribution in [0.4, 0.5) is 0 Å². The molecule has 0 aromatic heterocycles. The molecule has 1 aromatic carbocycles. The Balaban J connectivity index is 3.11. The molecule has 19 heavy (non-hydrogen) atoms. The average molecular weight is 307 g/mol. The summed E-state index contributed by atoms with van der Waals surface area (Å²) in [5.41, 5.74) is 6.15. The van der Waals surface area contributed by atoms with Gasteiger partial charge in [-0.25, -0.2) is 8.42 Å². The summed E-state index contributed by atoms with van der Waals surface area (Å²) < 4.78 is 31.2. The minimum Gasteiger partial charge on any atom is -0.383 e. The van der Waals surface area contributed by atoms with E-state index in [-0.39, 0.29) is 11.4 Å². The Morgan fingerprint density at radius 3 is 2.63 bits per heavy atom. The van der Waals surface area contributed by atoms with Crippen LogP contribution in [0.1, 0.15) is 12.5 Å². The lowest BCUT2D eigenvalue weighted by Gasteiger charge is -2.20. The summed E-state index contributed by atoms with van der Waals surface area (Å²) in [6, 6.07) is 4.57. The number of ether oxygens (including phenoxy) is 1. The Hall–Kier alpha value is -0.660. The van der Waals surface area contributed by atoms with Gasteiger partial charge >= 0.3 is 0 Å². The molecule has 1 aromatic rings. The zero-order valence-electron chi connectivity index (χ0n) is 11.1. The number of halogens is 1. The molecule has 5 nitrogen and oxygen atoms in total. The van der Waals surface area contributed by atoms with Crippen LogP contribution in [0, 0.1) is 0 Å². The number of likely N-dealkylation sites (N-methyl/N-ethyl adjacent to an activating group) is 1. The van der Waals surface area contributed by atoms with Crippen molar-refractivity contribution < 1.29 is 13.2 Å². The first-order valence-corrected chi connectivity index (χ1v) is 7.76.